The Balaban J connectivity index is 1.61. The van der Waals surface area contributed by atoms with Gasteiger partial charge in [-0.1, -0.05) is 31.0 Å². The van der Waals surface area contributed by atoms with Gasteiger partial charge < -0.3 is 15.2 Å². The predicted molar refractivity (Wildman–Crippen MR) is 80.0 cm³/mol. The van der Waals surface area contributed by atoms with E-state index in [4.69, 9.17) is 15.2 Å². The molecular weight excluding hydrogens is 250 g/mol. The summed E-state index contributed by atoms with van der Waals surface area (Å²) >= 11 is 0. The number of para-hydroxylation sites is 1. The van der Waals surface area contributed by atoms with E-state index in [1.807, 2.05) is 6.07 Å². The minimum Gasteiger partial charge on any atom is -0.493 e. The second-order valence-electron chi connectivity index (χ2n) is 6.02. The highest BCUT2D eigenvalue weighted by molar-refractivity contribution is 5.37. The van der Waals surface area contributed by atoms with Gasteiger partial charge in [0.15, 0.2) is 0 Å². The molecule has 3 atom stereocenters. The minimum atomic E-state index is 0.365. The van der Waals surface area contributed by atoms with Gasteiger partial charge in [-0.05, 0) is 43.4 Å². The quantitative estimate of drug-likeness (QED) is 0.918. The van der Waals surface area contributed by atoms with Crippen molar-refractivity contribution in [3.63, 3.8) is 0 Å². The molecule has 1 saturated carbocycles. The third kappa shape index (κ3) is 2.99. The second kappa shape index (κ2) is 6.59. The highest BCUT2D eigenvalue weighted by Crippen LogP contribution is 2.35. The smallest absolute Gasteiger partial charge is 0.122 e. The lowest BCUT2D eigenvalue weighted by Gasteiger charge is -2.33. The summed E-state index contributed by atoms with van der Waals surface area (Å²) in [7, 11) is 0. The van der Waals surface area contributed by atoms with E-state index in [1.54, 1.807) is 0 Å². The van der Waals surface area contributed by atoms with E-state index in [1.165, 1.54) is 31.2 Å². The summed E-state index contributed by atoms with van der Waals surface area (Å²) in [5, 5.41) is 0. The Labute approximate surface area is 121 Å². The summed E-state index contributed by atoms with van der Waals surface area (Å²) in [5.74, 6) is 2.06. The molecule has 1 aromatic rings. The maximum absolute atomic E-state index is 6.25. The lowest BCUT2D eigenvalue weighted by molar-refractivity contribution is -0.0182. The van der Waals surface area contributed by atoms with Crippen LogP contribution in [0.4, 0.5) is 0 Å². The van der Waals surface area contributed by atoms with Gasteiger partial charge in [0.05, 0.1) is 19.3 Å². The number of ether oxygens (including phenoxy) is 2. The van der Waals surface area contributed by atoms with Crippen LogP contribution < -0.4 is 10.5 Å². The van der Waals surface area contributed by atoms with Crippen LogP contribution in [0.25, 0.3) is 0 Å². The van der Waals surface area contributed by atoms with Crippen molar-refractivity contribution in [1.82, 2.24) is 0 Å². The molecular formula is C17H25NO2. The van der Waals surface area contributed by atoms with E-state index in [0.29, 0.717) is 17.9 Å². The van der Waals surface area contributed by atoms with Crippen LogP contribution in [0, 0.1) is 5.92 Å². The van der Waals surface area contributed by atoms with Crippen molar-refractivity contribution >= 4 is 0 Å². The summed E-state index contributed by atoms with van der Waals surface area (Å²) in [6.45, 7) is 2.37. The Morgan fingerprint density at radius 3 is 2.90 bits per heavy atom. The number of hydrogen-bond donors (Lipinski definition) is 1. The van der Waals surface area contributed by atoms with Crippen molar-refractivity contribution in [1.29, 1.82) is 0 Å². The number of benzene rings is 1. The molecule has 0 aromatic heterocycles. The Bertz CT molecular complexity index is 435. The lowest BCUT2D eigenvalue weighted by atomic mass is 9.86. The van der Waals surface area contributed by atoms with Gasteiger partial charge >= 0.3 is 0 Å². The van der Waals surface area contributed by atoms with Gasteiger partial charge in [-0.3, -0.25) is 0 Å². The molecule has 0 saturated heterocycles. The molecule has 0 amide bonds. The van der Waals surface area contributed by atoms with Crippen molar-refractivity contribution in [3.05, 3.63) is 29.8 Å². The summed E-state index contributed by atoms with van der Waals surface area (Å²) < 4.78 is 12.0. The van der Waals surface area contributed by atoms with E-state index < -0.39 is 0 Å². The Hall–Kier alpha value is -1.06. The molecule has 110 valence electrons. The van der Waals surface area contributed by atoms with Crippen LogP contribution in [-0.2, 0) is 4.74 Å². The number of rotatable bonds is 4. The van der Waals surface area contributed by atoms with Crippen molar-refractivity contribution in [3.8, 4) is 5.75 Å². The molecule has 1 aliphatic carbocycles. The molecule has 2 N–H and O–H groups in total. The highest BCUT2D eigenvalue weighted by Gasteiger charge is 2.27. The molecule has 0 radical (unpaired) electrons. The molecule has 1 aliphatic heterocycles. The zero-order valence-corrected chi connectivity index (χ0v) is 12.1. The van der Waals surface area contributed by atoms with Gasteiger partial charge in [0.1, 0.15) is 5.75 Å². The zero-order valence-electron chi connectivity index (χ0n) is 12.1. The fourth-order valence-electron chi connectivity index (χ4n) is 3.49. The van der Waals surface area contributed by atoms with E-state index in [2.05, 4.69) is 18.2 Å². The fraction of sp³-hybridized carbons (Fsp3) is 0.647. The number of hydrogen-bond acceptors (Lipinski definition) is 3. The third-order valence-electron chi connectivity index (χ3n) is 4.74. The Kier molecular flexibility index (Phi) is 4.58. The molecule has 3 heteroatoms. The predicted octanol–water partition coefficient (Wildman–Crippen LogP) is 3.09. The van der Waals surface area contributed by atoms with Crippen molar-refractivity contribution in [2.75, 3.05) is 19.8 Å². The summed E-state index contributed by atoms with van der Waals surface area (Å²) in [6, 6.07) is 8.35. The lowest BCUT2D eigenvalue weighted by Crippen LogP contribution is -2.34. The molecule has 3 nitrogen and oxygen atoms in total. The van der Waals surface area contributed by atoms with Gasteiger partial charge in [-0.2, -0.15) is 0 Å². The highest BCUT2D eigenvalue weighted by atomic mass is 16.5. The van der Waals surface area contributed by atoms with Crippen molar-refractivity contribution in [2.24, 2.45) is 11.7 Å². The minimum absolute atomic E-state index is 0.365. The van der Waals surface area contributed by atoms with Crippen LogP contribution in [0.15, 0.2) is 24.3 Å². The van der Waals surface area contributed by atoms with Gasteiger partial charge in [-0.15, -0.1) is 0 Å². The van der Waals surface area contributed by atoms with E-state index in [-0.39, 0.29) is 0 Å². The first-order valence-corrected chi connectivity index (χ1v) is 7.92. The first-order valence-electron chi connectivity index (χ1n) is 7.92. The molecule has 3 rings (SSSR count). The van der Waals surface area contributed by atoms with E-state index in [0.717, 1.165) is 31.9 Å². The zero-order chi connectivity index (χ0) is 13.8. The maximum atomic E-state index is 6.25. The standard InChI is InChI=1S/C17H25NO2/c18-11-13-5-1-3-7-16(13)20-12-14-9-10-19-17-8-4-2-6-15(14)17/h2,4,6,8,13-14,16H,1,3,5,7,9-12,18H2. The van der Waals surface area contributed by atoms with Crippen LogP contribution in [0.1, 0.15) is 43.6 Å². The Morgan fingerprint density at radius 1 is 1.15 bits per heavy atom. The molecule has 2 aliphatic rings. The van der Waals surface area contributed by atoms with Gasteiger partial charge in [0.25, 0.3) is 0 Å². The van der Waals surface area contributed by atoms with Gasteiger partial charge in [-0.25, -0.2) is 0 Å². The molecule has 1 heterocycles. The van der Waals surface area contributed by atoms with Crippen LogP contribution in [-0.4, -0.2) is 25.9 Å². The maximum Gasteiger partial charge on any atom is 0.122 e. The summed E-state index contributed by atoms with van der Waals surface area (Å²) in [4.78, 5) is 0. The number of fused-ring (bicyclic) bond motifs is 1. The Morgan fingerprint density at radius 2 is 2.00 bits per heavy atom. The van der Waals surface area contributed by atoms with Gasteiger partial charge in [0, 0.05) is 5.92 Å². The first kappa shape index (κ1) is 13.9. The first-order chi connectivity index (χ1) is 9.88. The van der Waals surface area contributed by atoms with Crippen molar-refractivity contribution in [2.45, 2.75) is 44.1 Å². The second-order valence-corrected chi connectivity index (χ2v) is 6.02. The van der Waals surface area contributed by atoms with Crippen LogP contribution >= 0.6 is 0 Å². The molecule has 20 heavy (non-hydrogen) atoms. The fourth-order valence-corrected chi connectivity index (χ4v) is 3.49. The molecule has 0 spiro atoms. The number of nitrogens with two attached hydrogens (primary N) is 1. The average molecular weight is 275 g/mol. The third-order valence-corrected chi connectivity index (χ3v) is 4.74. The molecule has 0 bridgehead atoms. The van der Waals surface area contributed by atoms with E-state index in [9.17, 15) is 0 Å². The average Bonchev–Trinajstić information content (AvgIpc) is 2.53. The van der Waals surface area contributed by atoms with E-state index >= 15 is 0 Å². The molecule has 3 unspecified atom stereocenters. The van der Waals surface area contributed by atoms with Crippen molar-refractivity contribution < 1.29 is 9.47 Å². The summed E-state index contributed by atoms with van der Waals surface area (Å²) in [6.07, 6.45) is 6.41. The summed E-state index contributed by atoms with van der Waals surface area (Å²) in [5.41, 5.74) is 7.18. The van der Waals surface area contributed by atoms with Gasteiger partial charge in [0.2, 0.25) is 0 Å². The monoisotopic (exact) mass is 275 g/mol. The van der Waals surface area contributed by atoms with Crippen LogP contribution in [0.5, 0.6) is 5.75 Å². The molecule has 1 aromatic carbocycles. The normalized spacial score (nSPS) is 29.6. The largest absolute Gasteiger partial charge is 0.493 e. The SMILES string of the molecule is NCC1CCCCC1OCC1CCOc2ccccc21. The van der Waals surface area contributed by atoms with Crippen LogP contribution in [0.3, 0.4) is 0 Å². The topological polar surface area (TPSA) is 44.5 Å². The molecule has 1 fully saturated rings. The van der Waals surface area contributed by atoms with Crippen LogP contribution in [0.2, 0.25) is 0 Å².